The summed E-state index contributed by atoms with van der Waals surface area (Å²) in [6.07, 6.45) is 6.29. The van der Waals surface area contributed by atoms with Crippen LogP contribution in [0.1, 0.15) is 6.42 Å². The fourth-order valence-corrected chi connectivity index (χ4v) is 4.45. The number of aryl methyl sites for hydroxylation is 1. The van der Waals surface area contributed by atoms with Crippen LogP contribution in [0.5, 0.6) is 11.5 Å². The predicted octanol–water partition coefficient (Wildman–Crippen LogP) is 5.20. The molecule has 10 heteroatoms. The molecule has 2 aromatic heterocycles. The van der Waals surface area contributed by atoms with Gasteiger partial charge in [0.05, 0.1) is 17.6 Å². The van der Waals surface area contributed by atoms with E-state index in [1.165, 1.54) is 18.2 Å². The number of nitrogens with one attached hydrogen (secondary N) is 2. The lowest BCUT2D eigenvalue weighted by atomic mass is 10.2. The first-order valence-corrected chi connectivity index (χ1v) is 12.4. The van der Waals surface area contributed by atoms with E-state index < -0.39 is 11.8 Å². The average molecular weight is 516 g/mol. The van der Waals surface area contributed by atoms with Gasteiger partial charge in [0.15, 0.2) is 0 Å². The maximum Gasteiger partial charge on any atom is 0.323 e. The number of halogens is 1. The molecule has 0 bridgehead atoms. The summed E-state index contributed by atoms with van der Waals surface area (Å²) < 4.78 is 22.2. The number of aromatic nitrogens is 3. The second-order valence-electron chi connectivity index (χ2n) is 9.50. The molecular formula is C28H30FN7O2. The van der Waals surface area contributed by atoms with Crippen LogP contribution in [0.15, 0.2) is 73.2 Å². The summed E-state index contributed by atoms with van der Waals surface area (Å²) >= 11 is 0. The smallest absolute Gasteiger partial charge is 0.323 e. The van der Waals surface area contributed by atoms with E-state index in [2.05, 4.69) is 44.6 Å². The van der Waals surface area contributed by atoms with Crippen LogP contribution in [0.25, 0.3) is 11.3 Å². The van der Waals surface area contributed by atoms with Crippen LogP contribution in [0.3, 0.4) is 0 Å². The minimum Gasteiger partial charge on any atom is -0.457 e. The Kier molecular flexibility index (Phi) is 7.23. The van der Waals surface area contributed by atoms with Crippen LogP contribution in [0.4, 0.5) is 26.2 Å². The number of benzene rings is 2. The topological polar surface area (TPSA) is 87.6 Å². The number of amides is 2. The van der Waals surface area contributed by atoms with E-state index >= 15 is 0 Å². The molecule has 1 aliphatic heterocycles. The number of carbonyl (C=O) groups is 1. The summed E-state index contributed by atoms with van der Waals surface area (Å²) in [5.74, 6) is 0.325. The van der Waals surface area contributed by atoms with Gasteiger partial charge in [-0.1, -0.05) is 6.07 Å². The van der Waals surface area contributed by atoms with Gasteiger partial charge in [-0.3, -0.25) is 9.67 Å². The third-order valence-electron chi connectivity index (χ3n) is 6.52. The van der Waals surface area contributed by atoms with Crippen LogP contribution in [0, 0.1) is 5.82 Å². The van der Waals surface area contributed by atoms with Crippen molar-refractivity contribution in [2.75, 3.05) is 42.7 Å². The van der Waals surface area contributed by atoms with Crippen molar-refractivity contribution in [1.29, 1.82) is 0 Å². The zero-order chi connectivity index (χ0) is 26.6. The lowest BCUT2D eigenvalue weighted by molar-refractivity contribution is 0.262. The van der Waals surface area contributed by atoms with Crippen molar-refractivity contribution < 1.29 is 13.9 Å². The van der Waals surface area contributed by atoms with Crippen molar-refractivity contribution in [2.45, 2.75) is 12.5 Å². The van der Waals surface area contributed by atoms with Gasteiger partial charge in [0, 0.05) is 67.6 Å². The Morgan fingerprint density at radius 1 is 1.11 bits per heavy atom. The molecule has 0 aliphatic carbocycles. The number of anilines is 3. The summed E-state index contributed by atoms with van der Waals surface area (Å²) in [4.78, 5) is 21.6. The van der Waals surface area contributed by atoms with E-state index in [4.69, 9.17) is 4.74 Å². The molecule has 0 radical (unpaired) electrons. The summed E-state index contributed by atoms with van der Waals surface area (Å²) in [6.45, 7) is 1.89. The van der Waals surface area contributed by atoms with Crippen molar-refractivity contribution in [3.8, 4) is 22.8 Å². The lowest BCUT2D eigenvalue weighted by Gasteiger charge is -2.22. The lowest BCUT2D eigenvalue weighted by Crippen LogP contribution is -2.31. The van der Waals surface area contributed by atoms with E-state index in [1.807, 2.05) is 37.5 Å². The Morgan fingerprint density at radius 3 is 2.71 bits per heavy atom. The van der Waals surface area contributed by atoms with Gasteiger partial charge in [0.1, 0.15) is 17.3 Å². The highest BCUT2D eigenvalue weighted by Gasteiger charge is 2.24. The molecule has 1 atom stereocenters. The highest BCUT2D eigenvalue weighted by Crippen LogP contribution is 2.29. The van der Waals surface area contributed by atoms with Gasteiger partial charge in [-0.25, -0.2) is 9.18 Å². The van der Waals surface area contributed by atoms with Crippen molar-refractivity contribution in [2.24, 2.45) is 7.05 Å². The zero-order valence-corrected chi connectivity index (χ0v) is 21.6. The van der Waals surface area contributed by atoms with Gasteiger partial charge in [0.25, 0.3) is 0 Å². The number of pyridine rings is 1. The second kappa shape index (κ2) is 10.9. The van der Waals surface area contributed by atoms with E-state index in [-0.39, 0.29) is 5.69 Å². The minimum absolute atomic E-state index is 0.00561. The quantitative estimate of drug-likeness (QED) is 0.352. The number of carbonyl (C=O) groups excluding carboxylic acids is 1. The molecular weight excluding hydrogens is 485 g/mol. The highest BCUT2D eigenvalue weighted by atomic mass is 19.1. The Morgan fingerprint density at radius 2 is 1.95 bits per heavy atom. The third kappa shape index (κ3) is 5.92. The van der Waals surface area contributed by atoms with Crippen molar-refractivity contribution in [1.82, 2.24) is 19.7 Å². The number of likely N-dealkylation sites (N-methyl/N-ethyl adjacent to an activating group) is 1. The Balaban J connectivity index is 1.24. The largest absolute Gasteiger partial charge is 0.457 e. The molecule has 196 valence electrons. The number of rotatable bonds is 7. The molecule has 0 spiro atoms. The first kappa shape index (κ1) is 25.2. The summed E-state index contributed by atoms with van der Waals surface area (Å²) in [6, 6.07) is 15.3. The number of urea groups is 1. The molecule has 9 nitrogen and oxygen atoms in total. The monoisotopic (exact) mass is 515 g/mol. The molecule has 2 N–H and O–H groups in total. The second-order valence-corrected chi connectivity index (χ2v) is 9.50. The van der Waals surface area contributed by atoms with Gasteiger partial charge >= 0.3 is 6.03 Å². The summed E-state index contributed by atoms with van der Waals surface area (Å²) in [5, 5.41) is 9.55. The van der Waals surface area contributed by atoms with Crippen molar-refractivity contribution in [3.05, 3.63) is 79.0 Å². The number of hydrogen-bond donors (Lipinski definition) is 2. The van der Waals surface area contributed by atoms with E-state index in [9.17, 15) is 9.18 Å². The van der Waals surface area contributed by atoms with Gasteiger partial charge in [-0.2, -0.15) is 5.10 Å². The van der Waals surface area contributed by atoms with Crippen molar-refractivity contribution in [3.63, 3.8) is 0 Å². The van der Waals surface area contributed by atoms with Crippen LogP contribution >= 0.6 is 0 Å². The number of hydrogen-bond acceptors (Lipinski definition) is 6. The zero-order valence-electron chi connectivity index (χ0n) is 21.6. The molecule has 1 aliphatic rings. The molecule has 4 aromatic rings. The molecule has 5 rings (SSSR count). The molecule has 1 fully saturated rings. The molecule has 2 amide bonds. The van der Waals surface area contributed by atoms with Crippen molar-refractivity contribution >= 4 is 23.1 Å². The fraction of sp³-hybridized carbons (Fsp3) is 0.250. The van der Waals surface area contributed by atoms with Gasteiger partial charge in [0.2, 0.25) is 0 Å². The Labute approximate surface area is 220 Å². The van der Waals surface area contributed by atoms with E-state index in [1.54, 1.807) is 29.2 Å². The first-order chi connectivity index (χ1) is 18.3. The minimum atomic E-state index is -0.571. The van der Waals surface area contributed by atoms with E-state index in [0.717, 1.165) is 30.8 Å². The third-order valence-corrected chi connectivity index (χ3v) is 6.52. The fourth-order valence-electron chi connectivity index (χ4n) is 4.45. The Hall–Kier alpha value is -4.44. The molecule has 38 heavy (non-hydrogen) atoms. The predicted molar refractivity (Wildman–Crippen MR) is 146 cm³/mol. The molecule has 3 heterocycles. The van der Waals surface area contributed by atoms with Gasteiger partial charge in [-0.05, 0) is 56.9 Å². The van der Waals surface area contributed by atoms with Crippen LogP contribution in [0.2, 0.25) is 0 Å². The normalized spacial score (nSPS) is 15.1. The summed E-state index contributed by atoms with van der Waals surface area (Å²) in [7, 11) is 6.01. The van der Waals surface area contributed by atoms with Crippen LogP contribution < -0.4 is 20.3 Å². The Bertz CT molecular complexity index is 1440. The SMILES string of the molecule is CN(C)C1CCN(c2cccc(NC(=O)Nc3cc(Oc4ccnc(-c5cnn(C)c5)c4)ccc3F)c2)C1. The first-order valence-electron chi connectivity index (χ1n) is 12.4. The molecule has 0 saturated carbocycles. The maximum absolute atomic E-state index is 14.5. The van der Waals surface area contributed by atoms with Crippen LogP contribution in [-0.4, -0.2) is 58.9 Å². The molecule has 1 saturated heterocycles. The van der Waals surface area contributed by atoms with Gasteiger partial charge < -0.3 is 25.2 Å². The van der Waals surface area contributed by atoms with Crippen LogP contribution in [-0.2, 0) is 7.05 Å². The standard InChI is InChI=1S/C28H30FN7O2/c1-34(2)22-10-12-36(18-22)21-6-4-5-20(13-21)32-28(37)33-27-15-23(7-8-25(27)29)38-24-9-11-30-26(14-24)19-16-31-35(3)17-19/h4-9,11,13-17,22H,10,12,18H2,1-3H3,(H2,32,33,37). The summed E-state index contributed by atoms with van der Waals surface area (Å²) in [5.41, 5.74) is 3.22. The number of ether oxygens (including phenoxy) is 1. The number of nitrogens with zero attached hydrogens (tertiary/aromatic N) is 5. The maximum atomic E-state index is 14.5. The van der Waals surface area contributed by atoms with Gasteiger partial charge in [-0.15, -0.1) is 0 Å². The highest BCUT2D eigenvalue weighted by molar-refractivity contribution is 6.00. The van der Waals surface area contributed by atoms with E-state index in [0.29, 0.717) is 28.9 Å². The molecule has 1 unspecified atom stereocenters. The molecule has 2 aromatic carbocycles. The average Bonchev–Trinajstić information content (AvgIpc) is 3.56.